The summed E-state index contributed by atoms with van der Waals surface area (Å²) in [5, 5.41) is 19.0. The molecule has 0 atom stereocenters. The molecular formula is C45H77N7O14. The first-order valence-electron chi connectivity index (χ1n) is 22.4. The summed E-state index contributed by atoms with van der Waals surface area (Å²) in [7, 11) is 0. The van der Waals surface area contributed by atoms with Crippen LogP contribution in [0.5, 0.6) is 0 Å². The molecule has 0 aliphatic heterocycles. The molecule has 0 saturated carbocycles. The molecule has 7 N–H and O–H groups in total. The Hall–Kier alpha value is -5.41. The molecule has 66 heavy (non-hydrogen) atoms. The molecule has 0 heterocycles. The number of rotatable bonds is 30. The molecule has 0 aliphatic rings. The molecule has 0 radical (unpaired) electrons. The van der Waals surface area contributed by atoms with Gasteiger partial charge >= 0.3 is 24.4 Å². The van der Waals surface area contributed by atoms with Crippen molar-refractivity contribution in [3.63, 3.8) is 0 Å². The number of hydrogen-bond donors (Lipinski definition) is 7. The average Bonchev–Trinajstić information content (AvgIpc) is 3.20. The van der Waals surface area contributed by atoms with Gasteiger partial charge in [0.1, 0.15) is 28.9 Å². The highest BCUT2D eigenvalue weighted by molar-refractivity contribution is 5.77. The van der Waals surface area contributed by atoms with E-state index in [0.717, 1.165) is 5.56 Å². The second-order valence-electron chi connectivity index (χ2n) is 18.3. The molecule has 0 saturated heterocycles. The first kappa shape index (κ1) is 58.6. The Morgan fingerprint density at radius 2 is 0.773 bits per heavy atom. The highest BCUT2D eigenvalue weighted by atomic mass is 16.6. The van der Waals surface area contributed by atoms with Gasteiger partial charge in [-0.3, -0.25) is 14.4 Å². The molecule has 1 aromatic rings. The smallest absolute Gasteiger partial charge is 0.408 e. The van der Waals surface area contributed by atoms with Gasteiger partial charge in [-0.15, -0.1) is 0 Å². The van der Waals surface area contributed by atoms with Gasteiger partial charge in [0.2, 0.25) is 17.7 Å². The lowest BCUT2D eigenvalue weighted by atomic mass is 10.0. The van der Waals surface area contributed by atoms with E-state index < -0.39 is 46.7 Å². The number of carbonyl (C=O) groups is 7. The van der Waals surface area contributed by atoms with Crippen LogP contribution in [0.3, 0.4) is 0 Å². The van der Waals surface area contributed by atoms with E-state index in [0.29, 0.717) is 45.4 Å². The standard InChI is InChI=1S/C45H77N7O14/c1-42(2,3)64-39(57)50-25-14-22-47-36(54)19-28-61-32-45(52-41(59)66-44(7,8)9,33-62-29-20-37(55)48-23-15-26-51-40(58)65-43(4,5)6)31-60-27-18-35(53)46-21-13-24-49-38(56)63-30-34-16-11-10-12-17-34/h10-12,16-17H,13-15,18-33H2,1-9H3,(H,46,53)(H,47,54)(H,48,55)(H,49,56)(H,50,57)(H,51,58)(H,52,59). The topological polar surface area (TPSA) is 268 Å². The van der Waals surface area contributed by atoms with Crippen LogP contribution in [0, 0.1) is 0 Å². The molecule has 7 amide bonds. The quantitative estimate of drug-likeness (QED) is 0.0425. The second kappa shape index (κ2) is 31.5. The third-order valence-corrected chi connectivity index (χ3v) is 8.17. The predicted octanol–water partition coefficient (Wildman–Crippen LogP) is 3.96. The third kappa shape index (κ3) is 34.0. The van der Waals surface area contributed by atoms with Gasteiger partial charge in [0, 0.05) is 58.5 Å². The molecule has 376 valence electrons. The zero-order valence-electron chi connectivity index (χ0n) is 40.5. The number of ether oxygens (including phenoxy) is 7. The summed E-state index contributed by atoms with van der Waals surface area (Å²) < 4.78 is 38.9. The lowest BCUT2D eigenvalue weighted by Crippen LogP contribution is -2.59. The maximum Gasteiger partial charge on any atom is 0.408 e. The van der Waals surface area contributed by atoms with Crippen molar-refractivity contribution in [2.75, 3.05) is 78.9 Å². The summed E-state index contributed by atoms with van der Waals surface area (Å²) in [6.07, 6.45) is -1.16. The number of carbonyl (C=O) groups excluding carboxylic acids is 7. The fourth-order valence-corrected chi connectivity index (χ4v) is 5.24. The number of alkyl carbamates (subject to hydrolysis) is 4. The highest BCUT2D eigenvalue weighted by Crippen LogP contribution is 2.14. The van der Waals surface area contributed by atoms with Crippen LogP contribution in [-0.2, 0) is 54.1 Å². The van der Waals surface area contributed by atoms with Crippen molar-refractivity contribution in [3.8, 4) is 0 Å². The molecule has 0 bridgehead atoms. The van der Waals surface area contributed by atoms with Crippen LogP contribution in [0.2, 0.25) is 0 Å². The van der Waals surface area contributed by atoms with Crippen molar-refractivity contribution < 1.29 is 66.7 Å². The summed E-state index contributed by atoms with van der Waals surface area (Å²) in [4.78, 5) is 86.6. The fourth-order valence-electron chi connectivity index (χ4n) is 5.24. The lowest BCUT2D eigenvalue weighted by molar-refractivity contribution is -0.122. The zero-order valence-corrected chi connectivity index (χ0v) is 40.5. The summed E-state index contributed by atoms with van der Waals surface area (Å²) >= 11 is 0. The van der Waals surface area contributed by atoms with Gasteiger partial charge in [-0.05, 0) is 87.1 Å². The first-order valence-corrected chi connectivity index (χ1v) is 22.4. The number of benzene rings is 1. The van der Waals surface area contributed by atoms with E-state index >= 15 is 0 Å². The Morgan fingerprint density at radius 3 is 1.14 bits per heavy atom. The van der Waals surface area contributed by atoms with Crippen LogP contribution in [0.4, 0.5) is 19.2 Å². The summed E-state index contributed by atoms with van der Waals surface area (Å²) in [6.45, 7) is 16.8. The van der Waals surface area contributed by atoms with Gasteiger partial charge in [-0.25, -0.2) is 19.2 Å². The zero-order chi connectivity index (χ0) is 49.5. The van der Waals surface area contributed by atoms with Crippen LogP contribution in [-0.4, -0.2) is 143 Å². The minimum Gasteiger partial charge on any atom is -0.445 e. The molecular weight excluding hydrogens is 863 g/mol. The van der Waals surface area contributed by atoms with Crippen LogP contribution in [0.25, 0.3) is 0 Å². The molecule has 0 unspecified atom stereocenters. The molecule has 0 fully saturated rings. The van der Waals surface area contributed by atoms with Crippen LogP contribution >= 0.6 is 0 Å². The molecule has 21 nitrogen and oxygen atoms in total. The minimum atomic E-state index is -1.40. The second-order valence-corrected chi connectivity index (χ2v) is 18.3. The van der Waals surface area contributed by atoms with Gasteiger partial charge < -0.3 is 70.4 Å². The van der Waals surface area contributed by atoms with Crippen molar-refractivity contribution in [2.24, 2.45) is 0 Å². The van der Waals surface area contributed by atoms with E-state index in [-0.39, 0.29) is 96.3 Å². The number of hydrogen-bond acceptors (Lipinski definition) is 14. The molecule has 1 rings (SSSR count). The summed E-state index contributed by atoms with van der Waals surface area (Å²) in [6, 6.07) is 9.27. The Labute approximate surface area is 389 Å². The van der Waals surface area contributed by atoms with E-state index in [9.17, 15) is 33.6 Å². The maximum atomic E-state index is 13.2. The van der Waals surface area contributed by atoms with Gasteiger partial charge in [0.15, 0.2) is 0 Å². The molecule has 0 aromatic heterocycles. The first-order chi connectivity index (χ1) is 31.0. The fraction of sp³-hybridized carbons (Fsp3) is 0.711. The largest absolute Gasteiger partial charge is 0.445 e. The van der Waals surface area contributed by atoms with E-state index in [4.69, 9.17) is 33.2 Å². The Morgan fingerprint density at radius 1 is 0.439 bits per heavy atom. The van der Waals surface area contributed by atoms with Crippen molar-refractivity contribution in [3.05, 3.63) is 35.9 Å². The average molecular weight is 940 g/mol. The van der Waals surface area contributed by atoms with Crippen molar-refractivity contribution in [1.29, 1.82) is 0 Å². The van der Waals surface area contributed by atoms with Crippen LogP contribution in [0.15, 0.2) is 30.3 Å². The van der Waals surface area contributed by atoms with E-state index in [1.807, 2.05) is 30.3 Å². The molecule has 0 aliphatic carbocycles. The van der Waals surface area contributed by atoms with Crippen molar-refractivity contribution >= 4 is 42.1 Å². The Kier molecular flexibility index (Phi) is 28.0. The Bertz CT molecular complexity index is 1550. The van der Waals surface area contributed by atoms with Gasteiger partial charge in [0.05, 0.1) is 39.6 Å². The summed E-state index contributed by atoms with van der Waals surface area (Å²) in [5.74, 6) is -0.915. The van der Waals surface area contributed by atoms with Crippen molar-refractivity contribution in [1.82, 2.24) is 37.2 Å². The van der Waals surface area contributed by atoms with Crippen LogP contribution < -0.4 is 37.2 Å². The van der Waals surface area contributed by atoms with E-state index in [1.54, 1.807) is 62.3 Å². The van der Waals surface area contributed by atoms with E-state index in [1.165, 1.54) is 0 Å². The minimum absolute atomic E-state index is 0.0260. The summed E-state index contributed by atoms with van der Waals surface area (Å²) in [5.41, 5.74) is -2.65. The molecule has 1 aromatic carbocycles. The third-order valence-electron chi connectivity index (χ3n) is 8.17. The van der Waals surface area contributed by atoms with Crippen molar-refractivity contribution in [2.45, 2.75) is 130 Å². The monoisotopic (exact) mass is 940 g/mol. The number of nitrogens with one attached hydrogen (secondary N) is 7. The SMILES string of the molecule is CC(C)(C)OC(=O)NCCCNC(=O)CCOCC(COCCC(=O)NCCCNC(=O)OCc1ccccc1)(COCCC(=O)NCCCNC(=O)OC(C)(C)C)NC(=O)OC(C)(C)C. The van der Waals surface area contributed by atoms with Gasteiger partial charge in [0.25, 0.3) is 0 Å². The highest BCUT2D eigenvalue weighted by Gasteiger charge is 2.36. The van der Waals surface area contributed by atoms with Crippen LogP contribution in [0.1, 0.15) is 106 Å². The Balaban J connectivity index is 2.78. The predicted molar refractivity (Wildman–Crippen MR) is 244 cm³/mol. The normalized spacial score (nSPS) is 11.7. The number of amides is 7. The molecule has 0 spiro atoms. The van der Waals surface area contributed by atoms with E-state index in [2.05, 4.69) is 37.2 Å². The van der Waals surface area contributed by atoms with Gasteiger partial charge in [-0.2, -0.15) is 0 Å². The molecule has 21 heteroatoms. The van der Waals surface area contributed by atoms with Gasteiger partial charge in [-0.1, -0.05) is 30.3 Å². The maximum absolute atomic E-state index is 13.2. The lowest BCUT2D eigenvalue weighted by Gasteiger charge is -2.35.